The Morgan fingerprint density at radius 1 is 1.53 bits per heavy atom. The summed E-state index contributed by atoms with van der Waals surface area (Å²) < 4.78 is 0. The monoisotopic (exact) mass is 236 g/mol. The van der Waals surface area contributed by atoms with Crippen LogP contribution in [0.5, 0.6) is 0 Å². The SMILES string of the molecule is CCCCN(CC(N)=O)Cc1nccc(C)n1. The average molecular weight is 236 g/mol. The zero-order chi connectivity index (χ0) is 12.7. The van der Waals surface area contributed by atoms with E-state index in [2.05, 4.69) is 16.9 Å². The number of hydrogen-bond donors (Lipinski definition) is 1. The molecule has 17 heavy (non-hydrogen) atoms. The molecule has 1 rings (SSSR count). The van der Waals surface area contributed by atoms with Crippen molar-refractivity contribution in [1.29, 1.82) is 0 Å². The molecule has 0 unspecified atom stereocenters. The molecule has 0 spiro atoms. The van der Waals surface area contributed by atoms with Crippen LogP contribution in [0.25, 0.3) is 0 Å². The number of nitrogens with zero attached hydrogens (tertiary/aromatic N) is 3. The van der Waals surface area contributed by atoms with Crippen LogP contribution < -0.4 is 5.73 Å². The summed E-state index contributed by atoms with van der Waals surface area (Å²) in [6.45, 7) is 5.72. The number of hydrogen-bond acceptors (Lipinski definition) is 4. The second-order valence-corrected chi connectivity index (χ2v) is 4.14. The van der Waals surface area contributed by atoms with Crippen molar-refractivity contribution in [3.63, 3.8) is 0 Å². The van der Waals surface area contributed by atoms with E-state index in [1.165, 1.54) is 0 Å². The number of carbonyl (C=O) groups excluding carboxylic acids is 1. The maximum atomic E-state index is 11.0. The molecule has 1 heterocycles. The quantitative estimate of drug-likeness (QED) is 0.762. The molecule has 1 aromatic heterocycles. The summed E-state index contributed by atoms with van der Waals surface area (Å²) >= 11 is 0. The van der Waals surface area contributed by atoms with E-state index in [1.807, 2.05) is 17.9 Å². The Kier molecular flexibility index (Phi) is 5.56. The molecule has 2 N–H and O–H groups in total. The average Bonchev–Trinajstić information content (AvgIpc) is 2.25. The Morgan fingerprint density at radius 3 is 2.88 bits per heavy atom. The highest BCUT2D eigenvalue weighted by Gasteiger charge is 2.10. The summed E-state index contributed by atoms with van der Waals surface area (Å²) in [4.78, 5) is 21.5. The van der Waals surface area contributed by atoms with Gasteiger partial charge in [0.2, 0.25) is 5.91 Å². The molecule has 0 aromatic carbocycles. The van der Waals surface area contributed by atoms with E-state index >= 15 is 0 Å². The van der Waals surface area contributed by atoms with Crippen molar-refractivity contribution in [3.05, 3.63) is 23.8 Å². The largest absolute Gasteiger partial charge is 0.369 e. The van der Waals surface area contributed by atoms with Gasteiger partial charge < -0.3 is 5.73 Å². The predicted molar refractivity (Wildman–Crippen MR) is 66.1 cm³/mol. The number of aromatic nitrogens is 2. The Hall–Kier alpha value is -1.49. The normalized spacial score (nSPS) is 10.8. The smallest absolute Gasteiger partial charge is 0.231 e. The first kappa shape index (κ1) is 13.6. The van der Waals surface area contributed by atoms with Gasteiger partial charge in [-0.3, -0.25) is 9.69 Å². The van der Waals surface area contributed by atoms with E-state index < -0.39 is 0 Å². The number of nitrogens with two attached hydrogens (primary N) is 1. The Bertz CT molecular complexity index is 367. The fourth-order valence-electron chi connectivity index (χ4n) is 1.59. The van der Waals surface area contributed by atoms with E-state index in [9.17, 15) is 4.79 Å². The number of rotatable bonds is 7. The van der Waals surface area contributed by atoms with Gasteiger partial charge >= 0.3 is 0 Å². The predicted octanol–water partition coefficient (Wildman–Crippen LogP) is 0.872. The van der Waals surface area contributed by atoms with Crippen LogP contribution in [0, 0.1) is 6.92 Å². The van der Waals surface area contributed by atoms with Crippen LogP contribution >= 0.6 is 0 Å². The van der Waals surface area contributed by atoms with Gasteiger partial charge in [0.1, 0.15) is 5.82 Å². The number of carbonyl (C=O) groups is 1. The van der Waals surface area contributed by atoms with Crippen molar-refractivity contribution in [1.82, 2.24) is 14.9 Å². The van der Waals surface area contributed by atoms with Crippen LogP contribution in [0.2, 0.25) is 0 Å². The van der Waals surface area contributed by atoms with Crippen LogP contribution in [0.3, 0.4) is 0 Å². The zero-order valence-electron chi connectivity index (χ0n) is 10.5. The van der Waals surface area contributed by atoms with Gasteiger partial charge in [-0.05, 0) is 26.0 Å². The highest BCUT2D eigenvalue weighted by molar-refractivity contribution is 5.75. The lowest BCUT2D eigenvalue weighted by atomic mass is 10.3. The standard InChI is InChI=1S/C12H20N4O/c1-3-4-7-16(8-11(13)17)9-12-14-6-5-10(2)15-12/h5-6H,3-4,7-9H2,1-2H3,(H2,13,17). The van der Waals surface area contributed by atoms with Gasteiger partial charge in [-0.2, -0.15) is 0 Å². The zero-order valence-corrected chi connectivity index (χ0v) is 10.5. The molecule has 0 radical (unpaired) electrons. The van der Waals surface area contributed by atoms with Crippen LogP contribution in [-0.4, -0.2) is 33.9 Å². The highest BCUT2D eigenvalue weighted by atomic mass is 16.1. The van der Waals surface area contributed by atoms with E-state index in [1.54, 1.807) is 6.20 Å². The molecule has 0 bridgehead atoms. The molecule has 5 nitrogen and oxygen atoms in total. The topological polar surface area (TPSA) is 72.1 Å². The number of unbranched alkanes of at least 4 members (excludes halogenated alkanes) is 1. The fourth-order valence-corrected chi connectivity index (χ4v) is 1.59. The fraction of sp³-hybridized carbons (Fsp3) is 0.583. The minimum atomic E-state index is -0.311. The van der Waals surface area contributed by atoms with Crippen molar-refractivity contribution in [2.75, 3.05) is 13.1 Å². The van der Waals surface area contributed by atoms with Crippen LogP contribution in [0.4, 0.5) is 0 Å². The lowest BCUT2D eigenvalue weighted by Crippen LogP contribution is -2.34. The van der Waals surface area contributed by atoms with Gasteiger partial charge in [0.15, 0.2) is 0 Å². The third-order valence-corrected chi connectivity index (χ3v) is 2.42. The van der Waals surface area contributed by atoms with Gasteiger partial charge in [-0.25, -0.2) is 9.97 Å². The number of primary amides is 1. The summed E-state index contributed by atoms with van der Waals surface area (Å²) in [6, 6.07) is 1.86. The number of amides is 1. The Labute approximate surface area is 102 Å². The Morgan fingerprint density at radius 2 is 2.29 bits per heavy atom. The molecule has 0 aliphatic heterocycles. The molecule has 0 atom stereocenters. The molecule has 0 aliphatic rings. The van der Waals surface area contributed by atoms with Crippen molar-refractivity contribution in [2.24, 2.45) is 5.73 Å². The minimum absolute atomic E-state index is 0.261. The first-order valence-electron chi connectivity index (χ1n) is 5.91. The lowest BCUT2D eigenvalue weighted by Gasteiger charge is -2.19. The molecule has 1 aromatic rings. The Balaban J connectivity index is 2.61. The van der Waals surface area contributed by atoms with Gasteiger partial charge in [0.05, 0.1) is 13.1 Å². The summed E-state index contributed by atoms with van der Waals surface area (Å²) in [5.74, 6) is 0.427. The molecular weight excluding hydrogens is 216 g/mol. The lowest BCUT2D eigenvalue weighted by molar-refractivity contribution is -0.119. The third-order valence-electron chi connectivity index (χ3n) is 2.42. The van der Waals surface area contributed by atoms with Gasteiger partial charge in [0, 0.05) is 11.9 Å². The van der Waals surface area contributed by atoms with Crippen LogP contribution in [0.15, 0.2) is 12.3 Å². The first-order valence-corrected chi connectivity index (χ1v) is 5.91. The molecule has 0 saturated carbocycles. The van der Waals surface area contributed by atoms with Crippen molar-refractivity contribution in [2.45, 2.75) is 33.2 Å². The first-order chi connectivity index (χ1) is 8.11. The molecule has 1 amide bonds. The summed E-state index contributed by atoms with van der Waals surface area (Å²) in [7, 11) is 0. The number of aryl methyl sites for hydroxylation is 1. The summed E-state index contributed by atoms with van der Waals surface area (Å²) in [5, 5.41) is 0. The van der Waals surface area contributed by atoms with Gasteiger partial charge in [-0.15, -0.1) is 0 Å². The van der Waals surface area contributed by atoms with E-state index in [0.717, 1.165) is 30.9 Å². The molecule has 5 heteroatoms. The van der Waals surface area contributed by atoms with E-state index in [4.69, 9.17) is 5.73 Å². The molecule has 0 aliphatic carbocycles. The summed E-state index contributed by atoms with van der Waals surface area (Å²) in [6.07, 6.45) is 3.86. The molecule has 94 valence electrons. The van der Waals surface area contributed by atoms with Crippen LogP contribution in [-0.2, 0) is 11.3 Å². The minimum Gasteiger partial charge on any atom is -0.369 e. The third kappa shape index (κ3) is 5.40. The summed E-state index contributed by atoms with van der Waals surface area (Å²) in [5.41, 5.74) is 6.16. The highest BCUT2D eigenvalue weighted by Crippen LogP contribution is 2.02. The maximum Gasteiger partial charge on any atom is 0.231 e. The van der Waals surface area contributed by atoms with Gasteiger partial charge in [-0.1, -0.05) is 13.3 Å². The molecular formula is C12H20N4O. The molecule has 0 fully saturated rings. The van der Waals surface area contributed by atoms with Crippen molar-refractivity contribution in [3.8, 4) is 0 Å². The van der Waals surface area contributed by atoms with E-state index in [-0.39, 0.29) is 12.5 Å². The van der Waals surface area contributed by atoms with Crippen molar-refractivity contribution >= 4 is 5.91 Å². The van der Waals surface area contributed by atoms with Gasteiger partial charge in [0.25, 0.3) is 0 Å². The second-order valence-electron chi connectivity index (χ2n) is 4.14. The maximum absolute atomic E-state index is 11.0. The van der Waals surface area contributed by atoms with Crippen molar-refractivity contribution < 1.29 is 4.79 Å². The second kappa shape index (κ2) is 6.96. The van der Waals surface area contributed by atoms with E-state index in [0.29, 0.717) is 6.54 Å². The van der Waals surface area contributed by atoms with Crippen LogP contribution in [0.1, 0.15) is 31.3 Å². The molecule has 0 saturated heterocycles.